The molecular formula is C18H20OS3. The molecule has 0 fully saturated rings. The van der Waals surface area contributed by atoms with E-state index in [2.05, 4.69) is 38.1 Å². The summed E-state index contributed by atoms with van der Waals surface area (Å²) < 4.78 is 15.3. The molecule has 0 bridgehead atoms. The third-order valence-corrected chi connectivity index (χ3v) is 7.27. The minimum atomic E-state index is -0.968. The van der Waals surface area contributed by atoms with Crippen LogP contribution < -0.4 is 0 Å². The number of rotatable bonds is 4. The van der Waals surface area contributed by atoms with Gasteiger partial charge in [0.1, 0.15) is 0 Å². The average Bonchev–Trinajstić information content (AvgIpc) is 2.85. The van der Waals surface area contributed by atoms with Crippen LogP contribution in [0.1, 0.15) is 27.7 Å². The standard InChI is InChI=1S/C18H20OS3/c1-11(2)20-13-7-5-8-14-17(13)18-15(21-14)9-6-10-16(18)22(19)12(3)4/h5-12H,1-4H3/t22-/m0/s1. The maximum Gasteiger partial charge on any atom is 0.0562 e. The van der Waals surface area contributed by atoms with Gasteiger partial charge in [-0.1, -0.05) is 39.8 Å². The summed E-state index contributed by atoms with van der Waals surface area (Å²) in [5.74, 6) is 0. The third kappa shape index (κ3) is 2.84. The number of fused-ring (bicyclic) bond motifs is 3. The fourth-order valence-corrected chi connectivity index (χ4v) is 5.99. The lowest BCUT2D eigenvalue weighted by atomic mass is 10.1. The third-order valence-electron chi connectivity index (χ3n) is 3.45. The van der Waals surface area contributed by atoms with Gasteiger partial charge in [0.25, 0.3) is 0 Å². The summed E-state index contributed by atoms with van der Waals surface area (Å²) in [5.41, 5.74) is 0. The van der Waals surface area contributed by atoms with E-state index in [4.69, 9.17) is 0 Å². The number of hydrogen-bond donors (Lipinski definition) is 0. The lowest BCUT2D eigenvalue weighted by Gasteiger charge is -2.10. The van der Waals surface area contributed by atoms with Crippen molar-refractivity contribution in [2.24, 2.45) is 0 Å². The van der Waals surface area contributed by atoms with Crippen molar-refractivity contribution in [3.05, 3.63) is 36.4 Å². The Morgan fingerprint density at radius 1 is 0.955 bits per heavy atom. The summed E-state index contributed by atoms with van der Waals surface area (Å²) in [6, 6.07) is 12.7. The maximum absolute atomic E-state index is 12.7. The zero-order valence-electron chi connectivity index (χ0n) is 13.3. The normalized spacial score (nSPS) is 13.5. The van der Waals surface area contributed by atoms with Crippen LogP contribution >= 0.6 is 23.1 Å². The summed E-state index contributed by atoms with van der Waals surface area (Å²) in [7, 11) is -0.968. The zero-order chi connectivity index (χ0) is 15.9. The van der Waals surface area contributed by atoms with Gasteiger partial charge in [0.05, 0.1) is 10.8 Å². The number of thioether (sulfide) groups is 1. The quantitative estimate of drug-likeness (QED) is 0.532. The highest BCUT2D eigenvalue weighted by Gasteiger charge is 2.18. The highest BCUT2D eigenvalue weighted by atomic mass is 32.2. The molecule has 0 amide bonds. The fraction of sp³-hybridized carbons (Fsp3) is 0.333. The van der Waals surface area contributed by atoms with E-state index in [1.165, 1.54) is 25.1 Å². The summed E-state index contributed by atoms with van der Waals surface area (Å²) in [4.78, 5) is 2.28. The number of thiophene rings is 1. The molecule has 0 radical (unpaired) electrons. The smallest absolute Gasteiger partial charge is 0.0562 e. The first kappa shape index (κ1) is 16.0. The van der Waals surface area contributed by atoms with Crippen LogP contribution in [0.4, 0.5) is 0 Å². The van der Waals surface area contributed by atoms with Crippen molar-refractivity contribution in [1.82, 2.24) is 0 Å². The van der Waals surface area contributed by atoms with Gasteiger partial charge in [-0.15, -0.1) is 23.1 Å². The van der Waals surface area contributed by atoms with Crippen LogP contribution in [-0.4, -0.2) is 14.7 Å². The zero-order valence-corrected chi connectivity index (χ0v) is 15.7. The summed E-state index contributed by atoms with van der Waals surface area (Å²) in [6.45, 7) is 8.47. The van der Waals surface area contributed by atoms with Crippen molar-refractivity contribution >= 4 is 54.1 Å². The second-order valence-electron chi connectivity index (χ2n) is 5.87. The van der Waals surface area contributed by atoms with Crippen molar-refractivity contribution in [3.8, 4) is 0 Å². The van der Waals surface area contributed by atoms with Crippen LogP contribution in [-0.2, 0) is 10.8 Å². The van der Waals surface area contributed by atoms with E-state index in [9.17, 15) is 4.21 Å². The molecule has 0 saturated carbocycles. The molecule has 3 aromatic rings. The summed E-state index contributed by atoms with van der Waals surface area (Å²) >= 11 is 3.68. The van der Waals surface area contributed by atoms with Gasteiger partial charge in [0.2, 0.25) is 0 Å². The van der Waals surface area contributed by atoms with Crippen LogP contribution in [0.15, 0.2) is 46.2 Å². The van der Waals surface area contributed by atoms with E-state index < -0.39 is 10.8 Å². The minimum Gasteiger partial charge on any atom is -0.254 e. The van der Waals surface area contributed by atoms with Crippen LogP contribution in [0.2, 0.25) is 0 Å². The molecule has 0 aliphatic heterocycles. The van der Waals surface area contributed by atoms with Gasteiger partial charge < -0.3 is 0 Å². The molecule has 0 spiro atoms. The predicted octanol–water partition coefficient (Wildman–Crippen LogP) is 6.07. The highest BCUT2D eigenvalue weighted by molar-refractivity contribution is 8.00. The van der Waals surface area contributed by atoms with Crippen LogP contribution in [0.5, 0.6) is 0 Å². The van der Waals surface area contributed by atoms with E-state index in [1.54, 1.807) is 11.3 Å². The van der Waals surface area contributed by atoms with E-state index in [1.807, 2.05) is 37.7 Å². The first-order valence-electron chi connectivity index (χ1n) is 7.50. The predicted molar refractivity (Wildman–Crippen MR) is 102 cm³/mol. The van der Waals surface area contributed by atoms with Gasteiger partial charge in [-0.2, -0.15) is 0 Å². The van der Waals surface area contributed by atoms with Crippen molar-refractivity contribution in [1.29, 1.82) is 0 Å². The van der Waals surface area contributed by atoms with E-state index >= 15 is 0 Å². The van der Waals surface area contributed by atoms with Crippen molar-refractivity contribution < 1.29 is 4.21 Å². The molecular weight excluding hydrogens is 328 g/mol. The molecule has 0 aliphatic rings. The van der Waals surface area contributed by atoms with E-state index in [0.29, 0.717) is 5.25 Å². The Kier molecular flexibility index (Phi) is 4.62. The van der Waals surface area contributed by atoms with Gasteiger partial charge in [-0.25, -0.2) is 0 Å². The Bertz CT molecular complexity index is 846. The van der Waals surface area contributed by atoms with Gasteiger partial charge in [-0.05, 0) is 24.3 Å². The molecule has 1 atom stereocenters. The molecule has 0 saturated heterocycles. The Morgan fingerprint density at radius 3 is 2.23 bits per heavy atom. The van der Waals surface area contributed by atoms with Gasteiger partial charge in [0, 0.05) is 40.5 Å². The Balaban J connectivity index is 2.37. The summed E-state index contributed by atoms with van der Waals surface area (Å²) in [6.07, 6.45) is 0. The van der Waals surface area contributed by atoms with Crippen molar-refractivity contribution in [2.75, 3.05) is 0 Å². The fourth-order valence-electron chi connectivity index (χ4n) is 2.58. The lowest BCUT2D eigenvalue weighted by Crippen LogP contribution is -2.05. The Hall–Kier alpha value is -0.840. The second kappa shape index (κ2) is 6.34. The maximum atomic E-state index is 12.7. The SMILES string of the molecule is CC(C)Sc1cccc2sc3cccc([S@@](=O)C(C)C)c3c12. The van der Waals surface area contributed by atoms with Crippen LogP contribution in [0.3, 0.4) is 0 Å². The van der Waals surface area contributed by atoms with Gasteiger partial charge in [0.15, 0.2) is 0 Å². The van der Waals surface area contributed by atoms with Crippen LogP contribution in [0.25, 0.3) is 20.2 Å². The van der Waals surface area contributed by atoms with Crippen LogP contribution in [0, 0.1) is 0 Å². The molecule has 4 heteroatoms. The molecule has 3 rings (SSSR count). The molecule has 1 nitrogen and oxygen atoms in total. The van der Waals surface area contributed by atoms with Gasteiger partial charge >= 0.3 is 0 Å². The second-order valence-corrected chi connectivity index (χ2v) is 10.6. The highest BCUT2D eigenvalue weighted by Crippen LogP contribution is 2.43. The largest absolute Gasteiger partial charge is 0.254 e. The molecule has 0 N–H and O–H groups in total. The number of benzene rings is 2. The minimum absolute atomic E-state index is 0.130. The molecule has 0 aliphatic carbocycles. The topological polar surface area (TPSA) is 17.1 Å². The van der Waals surface area contributed by atoms with Crippen molar-refractivity contribution in [3.63, 3.8) is 0 Å². The van der Waals surface area contributed by atoms with E-state index in [-0.39, 0.29) is 5.25 Å². The molecule has 22 heavy (non-hydrogen) atoms. The molecule has 116 valence electrons. The van der Waals surface area contributed by atoms with Crippen molar-refractivity contribution in [2.45, 2.75) is 48.0 Å². The molecule has 1 heterocycles. The number of hydrogen-bond acceptors (Lipinski definition) is 3. The molecule has 1 aromatic heterocycles. The van der Waals surface area contributed by atoms with Gasteiger partial charge in [-0.3, -0.25) is 4.21 Å². The van der Waals surface area contributed by atoms with E-state index in [0.717, 1.165) is 4.90 Å². The summed E-state index contributed by atoms with van der Waals surface area (Å²) in [5, 5.41) is 3.14. The first-order valence-corrected chi connectivity index (χ1v) is 10.4. The lowest BCUT2D eigenvalue weighted by molar-refractivity contribution is 0.677. The molecule has 2 aromatic carbocycles. The Labute approximate surface area is 142 Å². The monoisotopic (exact) mass is 348 g/mol. The molecule has 0 unspecified atom stereocenters. The Morgan fingerprint density at radius 2 is 1.59 bits per heavy atom. The first-order chi connectivity index (χ1) is 10.5. The average molecular weight is 349 g/mol.